The van der Waals surface area contributed by atoms with E-state index in [1.807, 2.05) is 0 Å². The summed E-state index contributed by atoms with van der Waals surface area (Å²) in [5.41, 5.74) is 0. The van der Waals surface area contributed by atoms with Crippen LogP contribution in [0, 0.1) is 0 Å². The maximum absolute atomic E-state index is 9.52. The molecule has 4 N–H and O–H groups in total. The van der Waals surface area contributed by atoms with Crippen molar-refractivity contribution in [2.45, 2.75) is 0 Å². The zero-order valence-electron chi connectivity index (χ0n) is 14.5. The van der Waals surface area contributed by atoms with Crippen molar-refractivity contribution in [3.63, 3.8) is 0 Å². The van der Waals surface area contributed by atoms with E-state index in [-0.39, 0.29) is 21.7 Å². The Hall–Kier alpha value is 0.194. The molecule has 0 aromatic heterocycles. The van der Waals surface area contributed by atoms with Gasteiger partial charge in [-0.3, -0.25) is 0 Å². The molecule has 0 spiro atoms. The Kier molecular flexibility index (Phi) is 27.5. The van der Waals surface area contributed by atoms with Crippen molar-refractivity contribution in [3.8, 4) is 0 Å². The molecule has 29 heavy (non-hydrogen) atoms. The van der Waals surface area contributed by atoms with Gasteiger partial charge in [0.1, 0.15) is 0 Å². The van der Waals surface area contributed by atoms with Gasteiger partial charge in [-0.2, -0.15) is 0 Å². The van der Waals surface area contributed by atoms with Crippen molar-refractivity contribution in [2.24, 2.45) is 0 Å². The van der Waals surface area contributed by atoms with E-state index < -0.39 is 89.9 Å². The summed E-state index contributed by atoms with van der Waals surface area (Å²) in [7, 11) is -16.7. The molecule has 0 bridgehead atoms. The van der Waals surface area contributed by atoms with Crippen LogP contribution in [-0.4, -0.2) is 122 Å². The van der Waals surface area contributed by atoms with Crippen molar-refractivity contribution >= 4 is 40.5 Å². The summed E-state index contributed by atoms with van der Waals surface area (Å²) < 4.78 is 114. The minimum atomic E-state index is -4.17. The topological polar surface area (TPSA) is 310 Å². The molecule has 21 heteroatoms. The molecule has 0 aromatic rings. The van der Waals surface area contributed by atoms with Crippen LogP contribution in [0.2, 0.25) is 0 Å². The predicted octanol–water partition coefficient (Wildman–Crippen LogP) is -5.91. The number of aliphatic hydroxyl groups is 4. The Balaban J connectivity index is -0.0000000873. The molecular formula is C8H20O16S4Ti. The van der Waals surface area contributed by atoms with Gasteiger partial charge in [-0.1, -0.05) is 0 Å². The first-order chi connectivity index (χ1) is 12.2. The standard InChI is InChI=1S/4C2H6O4S.Ti/c4*3-1-2-7(4,5)6;/h4*3H,1-2H2,(H,4,5,6);/q;;;;+4/p-4. The van der Waals surface area contributed by atoms with Gasteiger partial charge in [-0.15, -0.1) is 0 Å². The van der Waals surface area contributed by atoms with Crippen molar-refractivity contribution < 1.29 is 94.0 Å². The molecule has 0 saturated carbocycles. The van der Waals surface area contributed by atoms with E-state index >= 15 is 0 Å². The monoisotopic (exact) mass is 548 g/mol. The first-order valence-corrected chi connectivity index (χ1v) is 12.7. The number of rotatable bonds is 8. The van der Waals surface area contributed by atoms with Gasteiger partial charge in [0.05, 0.1) is 89.9 Å². The van der Waals surface area contributed by atoms with Gasteiger partial charge >= 0.3 is 21.7 Å². The zero-order chi connectivity index (χ0) is 23.7. The van der Waals surface area contributed by atoms with Crippen LogP contribution >= 0.6 is 0 Å². The Morgan fingerprint density at radius 3 is 0.517 bits per heavy atom. The number of hydrogen-bond acceptors (Lipinski definition) is 16. The third-order valence-electron chi connectivity index (χ3n) is 1.37. The molecule has 0 amide bonds. The fourth-order valence-corrected chi connectivity index (χ4v) is 1.34. The van der Waals surface area contributed by atoms with E-state index in [2.05, 4.69) is 0 Å². The fourth-order valence-electron chi connectivity index (χ4n) is 0.447. The van der Waals surface area contributed by atoms with Gasteiger partial charge in [0.15, 0.2) is 0 Å². The minimum absolute atomic E-state index is 0. The summed E-state index contributed by atoms with van der Waals surface area (Å²) in [6.45, 7) is -2.37. The van der Waals surface area contributed by atoms with Gasteiger partial charge in [0.25, 0.3) is 0 Å². The SMILES string of the molecule is O=S(=O)([O-])CCO.O=S(=O)([O-])CCO.O=S(=O)([O-])CCO.O=S(=O)([O-])CCO.[Ti+4]. The van der Waals surface area contributed by atoms with E-state index in [4.69, 9.17) is 20.4 Å². The Labute approximate surface area is 183 Å². The van der Waals surface area contributed by atoms with Crippen molar-refractivity contribution in [3.05, 3.63) is 0 Å². The first kappa shape index (κ1) is 39.6. The molecule has 0 atom stereocenters. The van der Waals surface area contributed by atoms with Crippen LogP contribution in [-0.2, 0) is 62.2 Å². The van der Waals surface area contributed by atoms with Crippen LogP contribution in [0.1, 0.15) is 0 Å². The molecule has 0 fully saturated rings. The number of hydrogen-bond donors (Lipinski definition) is 4. The summed E-state index contributed by atoms with van der Waals surface area (Å²) >= 11 is 0. The summed E-state index contributed by atoms with van der Waals surface area (Å²) in [4.78, 5) is 0. The third-order valence-corrected chi connectivity index (χ3v) is 4.10. The average Bonchev–Trinajstić information content (AvgIpc) is 2.34. The normalized spacial score (nSPS) is 11.3. The minimum Gasteiger partial charge on any atom is -0.748 e. The second-order valence-corrected chi connectivity index (χ2v) is 10.0. The molecular weight excluding hydrogens is 528 g/mol. The quantitative estimate of drug-likeness (QED) is 0.162. The smallest absolute Gasteiger partial charge is 0.748 e. The summed E-state index contributed by atoms with van der Waals surface area (Å²) in [5, 5.41) is 31.3. The van der Waals surface area contributed by atoms with Gasteiger partial charge in [0.2, 0.25) is 0 Å². The van der Waals surface area contributed by atoms with Crippen LogP contribution < -0.4 is 0 Å². The molecule has 0 rings (SSSR count). The fraction of sp³-hybridized carbons (Fsp3) is 1.00. The predicted molar refractivity (Wildman–Crippen MR) is 86.6 cm³/mol. The van der Waals surface area contributed by atoms with Crippen LogP contribution in [0.25, 0.3) is 0 Å². The summed E-state index contributed by atoms with van der Waals surface area (Å²) in [5.74, 6) is -2.75. The molecule has 0 saturated heterocycles. The van der Waals surface area contributed by atoms with E-state index in [9.17, 15) is 51.9 Å². The maximum atomic E-state index is 9.52. The van der Waals surface area contributed by atoms with Gasteiger partial charge in [-0.05, 0) is 0 Å². The number of aliphatic hydroxyl groups excluding tert-OH is 4. The molecule has 0 aliphatic rings. The average molecular weight is 548 g/mol. The second kappa shape index (κ2) is 20.1. The molecule has 16 nitrogen and oxygen atoms in total. The van der Waals surface area contributed by atoms with Gasteiger partial charge in [-0.25, -0.2) is 33.7 Å². The molecule has 0 aliphatic heterocycles. The molecule has 0 heterocycles. The summed E-state index contributed by atoms with van der Waals surface area (Å²) in [6, 6.07) is 0. The Bertz CT molecular complexity index is 633. The zero-order valence-corrected chi connectivity index (χ0v) is 19.3. The molecule has 0 aliphatic carbocycles. The van der Waals surface area contributed by atoms with Crippen molar-refractivity contribution in [1.29, 1.82) is 0 Å². The van der Waals surface area contributed by atoms with E-state index in [0.717, 1.165) is 0 Å². The van der Waals surface area contributed by atoms with Crippen LogP contribution in [0.15, 0.2) is 0 Å². The van der Waals surface area contributed by atoms with E-state index in [1.54, 1.807) is 0 Å². The van der Waals surface area contributed by atoms with E-state index in [1.165, 1.54) is 0 Å². The van der Waals surface area contributed by atoms with Gasteiger partial charge in [0, 0.05) is 0 Å². The maximum Gasteiger partial charge on any atom is 4.00 e. The molecule has 0 radical (unpaired) electrons. The van der Waals surface area contributed by atoms with Crippen LogP contribution in [0.3, 0.4) is 0 Å². The Morgan fingerprint density at radius 1 is 0.414 bits per heavy atom. The largest absolute Gasteiger partial charge is 4.00 e. The van der Waals surface area contributed by atoms with Crippen molar-refractivity contribution in [2.75, 3.05) is 49.4 Å². The van der Waals surface area contributed by atoms with E-state index in [0.29, 0.717) is 0 Å². The van der Waals surface area contributed by atoms with Crippen molar-refractivity contribution in [1.82, 2.24) is 0 Å². The summed E-state index contributed by atoms with van der Waals surface area (Å²) in [6.07, 6.45) is 0. The molecule has 0 aromatic carbocycles. The molecule has 0 unspecified atom stereocenters. The van der Waals surface area contributed by atoms with Crippen LogP contribution in [0.5, 0.6) is 0 Å². The van der Waals surface area contributed by atoms with Gasteiger partial charge < -0.3 is 38.6 Å². The molecule has 176 valence electrons. The third kappa shape index (κ3) is 73.8. The second-order valence-electron chi connectivity index (χ2n) is 3.94. The first-order valence-electron chi connectivity index (χ1n) is 6.42. The Morgan fingerprint density at radius 2 is 0.517 bits per heavy atom. The van der Waals surface area contributed by atoms with Crippen LogP contribution in [0.4, 0.5) is 0 Å².